The molecule has 0 N–H and O–H groups in total. The van der Waals surface area contributed by atoms with Crippen molar-refractivity contribution in [2.75, 3.05) is 19.6 Å². The summed E-state index contributed by atoms with van der Waals surface area (Å²) in [4.78, 5) is 30.3. The Bertz CT molecular complexity index is 1080. The van der Waals surface area contributed by atoms with E-state index in [4.69, 9.17) is 4.74 Å². The lowest BCUT2D eigenvalue weighted by Crippen LogP contribution is -2.57. The first-order valence-electron chi connectivity index (χ1n) is 12.8. The average molecular weight is 477 g/mol. The van der Waals surface area contributed by atoms with E-state index in [0.717, 1.165) is 58.0 Å². The van der Waals surface area contributed by atoms with Crippen LogP contribution in [0.4, 0.5) is 4.39 Å². The molecule has 2 amide bonds. The number of morpholine rings is 1. The van der Waals surface area contributed by atoms with Gasteiger partial charge in [0.1, 0.15) is 18.5 Å². The number of hydrogen-bond acceptors (Lipinski definition) is 3. The van der Waals surface area contributed by atoms with Crippen LogP contribution in [-0.4, -0.2) is 53.4 Å². The second kappa shape index (κ2) is 10.6. The first kappa shape index (κ1) is 23.6. The van der Waals surface area contributed by atoms with Crippen molar-refractivity contribution in [3.63, 3.8) is 0 Å². The van der Waals surface area contributed by atoms with E-state index in [-0.39, 0.29) is 36.3 Å². The Morgan fingerprint density at radius 1 is 0.971 bits per heavy atom. The summed E-state index contributed by atoms with van der Waals surface area (Å²) < 4.78 is 20.3. The molecule has 184 valence electrons. The maximum Gasteiger partial charge on any atom is 0.289 e. The van der Waals surface area contributed by atoms with Crippen molar-refractivity contribution < 1.29 is 18.7 Å². The van der Waals surface area contributed by atoms with Crippen LogP contribution in [-0.2, 0) is 20.7 Å². The van der Waals surface area contributed by atoms with Gasteiger partial charge >= 0.3 is 0 Å². The molecule has 3 aliphatic rings. The van der Waals surface area contributed by atoms with Gasteiger partial charge in [-0.2, -0.15) is 0 Å². The number of carbonyl (C=O) groups excluding carboxylic acids is 2. The van der Waals surface area contributed by atoms with Gasteiger partial charge < -0.3 is 14.5 Å². The van der Waals surface area contributed by atoms with Crippen LogP contribution in [0.3, 0.4) is 0 Å². The molecule has 0 radical (unpaired) electrons. The summed E-state index contributed by atoms with van der Waals surface area (Å²) in [6, 6.07) is 16.7. The minimum atomic E-state index is -0.400. The van der Waals surface area contributed by atoms with Crippen LogP contribution in [0.5, 0.6) is 0 Å². The molecule has 1 aliphatic carbocycles. The van der Waals surface area contributed by atoms with Crippen molar-refractivity contribution in [3.05, 3.63) is 77.3 Å². The predicted octanol–water partition coefficient (Wildman–Crippen LogP) is 4.82. The number of fused-ring (bicyclic) bond motifs is 1. The molecule has 0 spiro atoms. The van der Waals surface area contributed by atoms with E-state index in [9.17, 15) is 14.0 Å². The number of likely N-dealkylation sites (tertiary alicyclic amines) is 1. The Morgan fingerprint density at radius 2 is 1.69 bits per heavy atom. The molecule has 5 rings (SSSR count). The zero-order chi connectivity index (χ0) is 24.2. The molecule has 2 heterocycles. The third kappa shape index (κ3) is 5.42. The van der Waals surface area contributed by atoms with Gasteiger partial charge in [0.05, 0.1) is 6.04 Å². The van der Waals surface area contributed by atoms with Crippen LogP contribution >= 0.6 is 0 Å². The minimum absolute atomic E-state index is 0.00650. The highest BCUT2D eigenvalue weighted by Crippen LogP contribution is 2.33. The zero-order valence-corrected chi connectivity index (χ0v) is 20.1. The number of hydrogen-bond donors (Lipinski definition) is 0. The third-order valence-corrected chi connectivity index (χ3v) is 7.65. The minimum Gasteiger partial charge on any atom is -0.482 e. The maximum absolute atomic E-state index is 14.2. The maximum atomic E-state index is 14.2. The van der Waals surface area contributed by atoms with Gasteiger partial charge in [0.15, 0.2) is 5.76 Å². The monoisotopic (exact) mass is 476 g/mol. The molecule has 3 fully saturated rings. The summed E-state index contributed by atoms with van der Waals surface area (Å²) in [5.41, 5.74) is 1.66. The molecule has 35 heavy (non-hydrogen) atoms. The van der Waals surface area contributed by atoms with Crippen LogP contribution < -0.4 is 0 Å². The Labute approximate surface area is 206 Å². The summed E-state index contributed by atoms with van der Waals surface area (Å²) >= 11 is 0. The molecular formula is C29H33FN2O3. The molecule has 1 saturated carbocycles. The zero-order valence-electron chi connectivity index (χ0n) is 20.1. The number of halogens is 1. The molecule has 5 nitrogen and oxygen atoms in total. The van der Waals surface area contributed by atoms with E-state index >= 15 is 0 Å². The van der Waals surface area contributed by atoms with Crippen LogP contribution in [0.1, 0.15) is 49.7 Å². The van der Waals surface area contributed by atoms with Crippen molar-refractivity contribution in [1.82, 2.24) is 9.80 Å². The topological polar surface area (TPSA) is 49.9 Å². The van der Waals surface area contributed by atoms with Crippen LogP contribution in [0.15, 0.2) is 60.4 Å². The Balaban J connectivity index is 1.25. The SMILES string of the molecule is O=C(CN1C(=O)/C(=C/c2ccccc2F)OC2CCCCC21)N1CCC(Cc2ccccc2)CC1. The third-order valence-electron chi connectivity index (χ3n) is 7.65. The number of ether oxygens (including phenoxy) is 1. The van der Waals surface area contributed by atoms with E-state index in [1.54, 1.807) is 23.1 Å². The standard InChI is InChI=1S/C29H33FN2O3/c30-24-11-5-4-10-23(24)19-27-29(34)32(25-12-6-7-13-26(25)35-27)20-28(33)31-16-14-22(15-17-31)18-21-8-2-1-3-9-21/h1-5,8-11,19,22,25-26H,6-7,12-18,20H2/b27-19-. The first-order valence-corrected chi connectivity index (χ1v) is 12.8. The number of benzene rings is 2. The van der Waals surface area contributed by atoms with Gasteiger partial charge in [-0.3, -0.25) is 9.59 Å². The molecular weight excluding hydrogens is 443 g/mol. The fraction of sp³-hybridized carbons (Fsp3) is 0.448. The average Bonchev–Trinajstić information content (AvgIpc) is 2.89. The Kier molecular flexibility index (Phi) is 7.16. The van der Waals surface area contributed by atoms with Crippen molar-refractivity contribution in [1.29, 1.82) is 0 Å². The molecule has 2 aliphatic heterocycles. The Morgan fingerprint density at radius 3 is 2.46 bits per heavy atom. The van der Waals surface area contributed by atoms with Crippen LogP contribution in [0.25, 0.3) is 6.08 Å². The largest absolute Gasteiger partial charge is 0.482 e. The van der Waals surface area contributed by atoms with Crippen molar-refractivity contribution >= 4 is 17.9 Å². The van der Waals surface area contributed by atoms with Gasteiger partial charge in [-0.1, -0.05) is 55.0 Å². The molecule has 0 aromatic heterocycles. The van der Waals surface area contributed by atoms with Gasteiger partial charge in [-0.25, -0.2) is 4.39 Å². The number of piperidine rings is 1. The van der Waals surface area contributed by atoms with E-state index in [1.165, 1.54) is 17.7 Å². The van der Waals surface area contributed by atoms with Gasteiger partial charge in [-0.15, -0.1) is 0 Å². The predicted molar refractivity (Wildman–Crippen MR) is 133 cm³/mol. The molecule has 0 bridgehead atoms. The highest BCUT2D eigenvalue weighted by molar-refractivity contribution is 5.98. The lowest BCUT2D eigenvalue weighted by atomic mass is 9.89. The van der Waals surface area contributed by atoms with Crippen molar-refractivity contribution in [2.45, 2.75) is 57.1 Å². The van der Waals surface area contributed by atoms with Crippen LogP contribution in [0, 0.1) is 11.7 Å². The van der Waals surface area contributed by atoms with Gasteiger partial charge in [-0.05, 0) is 62.1 Å². The Hall–Kier alpha value is -3.15. The van der Waals surface area contributed by atoms with E-state index in [2.05, 4.69) is 24.3 Å². The van der Waals surface area contributed by atoms with Crippen molar-refractivity contribution in [2.24, 2.45) is 5.92 Å². The molecule has 2 saturated heterocycles. The van der Waals surface area contributed by atoms with Crippen molar-refractivity contribution in [3.8, 4) is 0 Å². The smallest absolute Gasteiger partial charge is 0.289 e. The summed E-state index contributed by atoms with van der Waals surface area (Å²) in [6.07, 6.45) is 8.03. The second-order valence-electron chi connectivity index (χ2n) is 9.99. The lowest BCUT2D eigenvalue weighted by Gasteiger charge is -2.45. The number of rotatable bonds is 5. The van der Waals surface area contributed by atoms with Gasteiger partial charge in [0, 0.05) is 18.7 Å². The molecule has 2 unspecified atom stereocenters. The van der Waals surface area contributed by atoms with Gasteiger partial charge in [0.2, 0.25) is 5.91 Å². The second-order valence-corrected chi connectivity index (χ2v) is 9.99. The normalized spacial score (nSPS) is 24.3. The molecule has 2 aromatic rings. The molecule has 6 heteroatoms. The van der Waals surface area contributed by atoms with E-state index < -0.39 is 5.82 Å². The van der Waals surface area contributed by atoms with Crippen LogP contribution in [0.2, 0.25) is 0 Å². The summed E-state index contributed by atoms with van der Waals surface area (Å²) in [6.45, 7) is 1.50. The summed E-state index contributed by atoms with van der Waals surface area (Å²) in [7, 11) is 0. The molecule has 2 atom stereocenters. The summed E-state index contributed by atoms with van der Waals surface area (Å²) in [5.74, 6) is -0.0167. The van der Waals surface area contributed by atoms with E-state index in [1.807, 2.05) is 11.0 Å². The lowest BCUT2D eigenvalue weighted by molar-refractivity contribution is -0.154. The van der Waals surface area contributed by atoms with Gasteiger partial charge in [0.25, 0.3) is 5.91 Å². The van der Waals surface area contributed by atoms with E-state index in [0.29, 0.717) is 11.5 Å². The first-order chi connectivity index (χ1) is 17.1. The molecule has 2 aromatic carbocycles. The fourth-order valence-electron chi connectivity index (χ4n) is 5.67. The number of amides is 2. The highest BCUT2D eigenvalue weighted by Gasteiger charge is 2.42. The number of nitrogens with zero attached hydrogens (tertiary/aromatic N) is 2. The fourth-order valence-corrected chi connectivity index (χ4v) is 5.67. The highest BCUT2D eigenvalue weighted by atomic mass is 19.1. The number of carbonyl (C=O) groups is 2. The quantitative estimate of drug-likeness (QED) is 0.582. The summed E-state index contributed by atoms with van der Waals surface area (Å²) in [5, 5.41) is 0.